The number of alkyl carbamates (subject to hydrolysis) is 1. The van der Waals surface area contributed by atoms with Crippen molar-refractivity contribution in [1.82, 2.24) is 15.5 Å². The second-order valence-corrected chi connectivity index (χ2v) is 11.0. The number of nitrogens with one attached hydrogen (secondary N) is 2. The van der Waals surface area contributed by atoms with Gasteiger partial charge in [0.15, 0.2) is 0 Å². The van der Waals surface area contributed by atoms with E-state index in [1.165, 1.54) is 0 Å². The molecule has 2 unspecified atom stereocenters. The largest absolute Gasteiger partial charge is 0.444 e. The van der Waals surface area contributed by atoms with E-state index in [0.717, 1.165) is 61.6 Å². The van der Waals surface area contributed by atoms with E-state index in [1.54, 1.807) is 25.7 Å². The van der Waals surface area contributed by atoms with Gasteiger partial charge in [-0.25, -0.2) is 4.79 Å². The predicted octanol–water partition coefficient (Wildman–Crippen LogP) is 5.88. The second-order valence-electron chi connectivity index (χ2n) is 10.7. The number of carbonyl (C=O) groups excluding carboxylic acids is 3. The van der Waals surface area contributed by atoms with Crippen LogP contribution in [-0.2, 0) is 14.3 Å². The molecule has 1 aromatic rings. The fourth-order valence-electron chi connectivity index (χ4n) is 4.09. The van der Waals surface area contributed by atoms with Crippen LogP contribution in [0.5, 0.6) is 0 Å². The van der Waals surface area contributed by atoms with Crippen LogP contribution in [0.15, 0.2) is 18.2 Å². The lowest BCUT2D eigenvalue weighted by Crippen LogP contribution is -2.54. The Morgan fingerprint density at radius 1 is 1.00 bits per heavy atom. The van der Waals surface area contributed by atoms with Crippen LogP contribution in [0.25, 0.3) is 0 Å². The average Bonchev–Trinajstić information content (AvgIpc) is 2.82. The summed E-state index contributed by atoms with van der Waals surface area (Å²) in [6.45, 7) is 14.5. The van der Waals surface area contributed by atoms with Crippen LogP contribution in [0.1, 0.15) is 102 Å². The van der Waals surface area contributed by atoms with Crippen LogP contribution < -0.4 is 10.6 Å². The highest BCUT2D eigenvalue weighted by molar-refractivity contribution is 7.80. The van der Waals surface area contributed by atoms with E-state index in [-0.39, 0.29) is 17.6 Å². The summed E-state index contributed by atoms with van der Waals surface area (Å²) >= 11 is 4.37. The molecule has 0 saturated carbocycles. The lowest BCUT2D eigenvalue weighted by atomic mass is 9.94. The van der Waals surface area contributed by atoms with Crippen LogP contribution in [0, 0.1) is 13.8 Å². The molecular weight excluding hydrogens is 486 g/mol. The van der Waals surface area contributed by atoms with Crippen LogP contribution in [0.3, 0.4) is 0 Å². The molecule has 2 atom stereocenters. The van der Waals surface area contributed by atoms with Crippen LogP contribution in [-0.4, -0.2) is 53.3 Å². The van der Waals surface area contributed by atoms with Gasteiger partial charge >= 0.3 is 6.09 Å². The first kappa shape index (κ1) is 32.8. The number of hydrogen-bond donors (Lipinski definition) is 3. The number of benzene rings is 1. The van der Waals surface area contributed by atoms with Gasteiger partial charge in [-0.15, -0.1) is 0 Å². The van der Waals surface area contributed by atoms with Crippen molar-refractivity contribution in [3.05, 3.63) is 34.9 Å². The molecule has 7 nitrogen and oxygen atoms in total. The number of amides is 3. The van der Waals surface area contributed by atoms with Gasteiger partial charge in [0, 0.05) is 18.8 Å². The van der Waals surface area contributed by atoms with Gasteiger partial charge in [-0.05, 0) is 64.2 Å². The smallest absolute Gasteiger partial charge is 0.408 e. The lowest BCUT2D eigenvalue weighted by molar-refractivity contribution is -0.142. The van der Waals surface area contributed by atoms with Crippen molar-refractivity contribution in [2.75, 3.05) is 18.8 Å². The van der Waals surface area contributed by atoms with Crippen LogP contribution in [0.4, 0.5) is 4.79 Å². The maximum absolute atomic E-state index is 14.0. The normalized spacial score (nSPS) is 13.0. The number of aryl methyl sites for hydroxylation is 1. The first-order valence-corrected chi connectivity index (χ1v) is 14.3. The number of unbranched alkanes of at least 4 members (excludes halogenated alkanes) is 5. The summed E-state index contributed by atoms with van der Waals surface area (Å²) < 4.78 is 5.38. The number of carbonyl (C=O) groups is 3. The van der Waals surface area contributed by atoms with Gasteiger partial charge in [0.05, 0.1) is 0 Å². The van der Waals surface area contributed by atoms with E-state index >= 15 is 0 Å². The Labute approximate surface area is 229 Å². The van der Waals surface area contributed by atoms with Crippen LogP contribution in [0.2, 0.25) is 0 Å². The molecular formula is C29H49N3O4S. The van der Waals surface area contributed by atoms with Crippen molar-refractivity contribution in [3.8, 4) is 0 Å². The van der Waals surface area contributed by atoms with Gasteiger partial charge in [0.1, 0.15) is 17.7 Å². The topological polar surface area (TPSA) is 87.7 Å². The monoisotopic (exact) mass is 535 g/mol. The summed E-state index contributed by atoms with van der Waals surface area (Å²) in [5.74, 6) is -0.464. The zero-order valence-electron chi connectivity index (χ0n) is 24.0. The summed E-state index contributed by atoms with van der Waals surface area (Å²) in [6, 6.07) is 4.11. The maximum Gasteiger partial charge on any atom is 0.408 e. The minimum Gasteiger partial charge on any atom is -0.444 e. The Kier molecular flexibility index (Phi) is 14.7. The van der Waals surface area contributed by atoms with E-state index in [1.807, 2.05) is 32.0 Å². The molecule has 3 amide bonds. The number of hydrogen-bond acceptors (Lipinski definition) is 5. The number of thiol groups is 1. The third-order valence-corrected chi connectivity index (χ3v) is 6.65. The molecule has 1 aromatic carbocycles. The zero-order chi connectivity index (χ0) is 28.0. The summed E-state index contributed by atoms with van der Waals surface area (Å²) in [7, 11) is 0. The first-order valence-electron chi connectivity index (χ1n) is 13.7. The highest BCUT2D eigenvalue weighted by Gasteiger charge is 2.36. The summed E-state index contributed by atoms with van der Waals surface area (Å²) in [5.41, 5.74) is 2.13. The Bertz CT molecular complexity index is 869. The Hall–Kier alpha value is -2.22. The molecule has 210 valence electrons. The molecule has 37 heavy (non-hydrogen) atoms. The van der Waals surface area contributed by atoms with Gasteiger partial charge in [-0.3, -0.25) is 9.59 Å². The van der Waals surface area contributed by atoms with Crippen LogP contribution >= 0.6 is 12.6 Å². The summed E-state index contributed by atoms with van der Waals surface area (Å²) in [4.78, 5) is 41.8. The fourth-order valence-corrected chi connectivity index (χ4v) is 4.34. The Morgan fingerprint density at radius 2 is 1.65 bits per heavy atom. The van der Waals surface area contributed by atoms with E-state index in [4.69, 9.17) is 4.74 Å². The molecule has 0 spiro atoms. The molecule has 0 heterocycles. The molecule has 0 aliphatic heterocycles. The summed E-state index contributed by atoms with van der Waals surface area (Å²) in [5, 5.41) is 5.72. The molecule has 0 aliphatic carbocycles. The van der Waals surface area contributed by atoms with Gasteiger partial charge in [0.25, 0.3) is 0 Å². The minimum atomic E-state index is -0.926. The number of rotatable bonds is 15. The van der Waals surface area contributed by atoms with E-state index < -0.39 is 23.8 Å². The molecule has 2 N–H and O–H groups in total. The molecule has 1 rings (SSSR count). The SMILES string of the molecule is CCCCCCCN(C(=O)C(CS)NC(=O)OC(C)(C)C)C(C(=O)NCCCC)c1cccc(C)c1C. The van der Waals surface area contributed by atoms with Crippen molar-refractivity contribution in [2.24, 2.45) is 0 Å². The van der Waals surface area contributed by atoms with Gasteiger partial charge in [-0.2, -0.15) is 12.6 Å². The van der Waals surface area contributed by atoms with Gasteiger partial charge in [-0.1, -0.05) is 64.2 Å². The average molecular weight is 536 g/mol. The predicted molar refractivity (Wildman–Crippen MR) is 154 cm³/mol. The van der Waals surface area contributed by atoms with Gasteiger partial charge < -0.3 is 20.3 Å². The molecule has 0 saturated heterocycles. The number of ether oxygens (including phenoxy) is 1. The number of nitrogens with zero attached hydrogens (tertiary/aromatic N) is 1. The van der Waals surface area contributed by atoms with Crippen molar-refractivity contribution in [3.63, 3.8) is 0 Å². The Morgan fingerprint density at radius 3 is 2.24 bits per heavy atom. The van der Waals surface area contributed by atoms with Crippen molar-refractivity contribution >= 4 is 30.5 Å². The van der Waals surface area contributed by atoms with Crippen molar-refractivity contribution in [2.45, 2.75) is 111 Å². The van der Waals surface area contributed by atoms with Gasteiger partial charge in [0.2, 0.25) is 11.8 Å². The summed E-state index contributed by atoms with van der Waals surface area (Å²) in [6.07, 6.45) is 6.17. The molecule has 0 bridgehead atoms. The fraction of sp³-hybridized carbons (Fsp3) is 0.690. The minimum absolute atomic E-state index is 0.0847. The highest BCUT2D eigenvalue weighted by atomic mass is 32.1. The maximum atomic E-state index is 14.0. The molecule has 0 aromatic heterocycles. The highest BCUT2D eigenvalue weighted by Crippen LogP contribution is 2.28. The first-order chi connectivity index (χ1) is 17.5. The van der Waals surface area contributed by atoms with Crippen molar-refractivity contribution < 1.29 is 19.1 Å². The standard InChI is InChI=1S/C29H49N3O4S/c1-8-10-12-13-14-19-32(27(34)24(20-37)31-28(35)36-29(5,6)7)25(26(33)30-18-11-9-2)23-17-15-16-21(3)22(23)4/h15-17,24-25,37H,8-14,18-20H2,1-7H3,(H,30,33)(H,31,35). The Balaban J connectivity index is 3.40. The molecule has 0 radical (unpaired) electrons. The quantitative estimate of drug-likeness (QED) is 0.193. The third kappa shape index (κ3) is 11.4. The molecule has 0 aliphatic rings. The third-order valence-electron chi connectivity index (χ3n) is 6.29. The van der Waals surface area contributed by atoms with E-state index in [0.29, 0.717) is 13.1 Å². The molecule has 8 heteroatoms. The molecule has 0 fully saturated rings. The zero-order valence-corrected chi connectivity index (χ0v) is 24.9. The van der Waals surface area contributed by atoms with E-state index in [2.05, 4.69) is 37.1 Å². The van der Waals surface area contributed by atoms with Crippen molar-refractivity contribution in [1.29, 1.82) is 0 Å². The van der Waals surface area contributed by atoms with E-state index in [9.17, 15) is 14.4 Å². The second kappa shape index (κ2) is 16.6. The lowest BCUT2D eigenvalue weighted by Gasteiger charge is -2.35.